The van der Waals surface area contributed by atoms with Crippen molar-refractivity contribution in [2.75, 3.05) is 0 Å². The number of hydrogen-bond donors (Lipinski definition) is 4. The van der Waals surface area contributed by atoms with Crippen molar-refractivity contribution < 1.29 is 40.3 Å². The van der Waals surface area contributed by atoms with Crippen LogP contribution in [0.1, 0.15) is 12.8 Å². The van der Waals surface area contributed by atoms with Crippen LogP contribution in [-0.2, 0) is 19.9 Å². The molecule has 0 aromatic carbocycles. The summed E-state index contributed by atoms with van der Waals surface area (Å²) in [5, 5.41) is 33.8. The molecule has 0 saturated heterocycles. The minimum Gasteiger partial charge on any atom is -2.00 e. The van der Waals surface area contributed by atoms with Crippen LogP contribution in [-0.4, -0.2) is 81.7 Å². The zero-order valence-electron chi connectivity index (χ0n) is 7.54. The third kappa shape index (κ3) is 7.51. The molecule has 0 amide bonds. The van der Waals surface area contributed by atoms with E-state index < -0.39 is 36.4 Å². The van der Waals surface area contributed by atoms with Crippen LogP contribution in [0.15, 0.2) is 0 Å². The molecule has 0 aliphatic heterocycles. The molecule has 8 nitrogen and oxygen atoms in total. The summed E-state index contributed by atoms with van der Waals surface area (Å²) in [6.45, 7) is 0. The summed E-state index contributed by atoms with van der Waals surface area (Å²) in [5.41, 5.74) is -2.74. The average molecular weight is 248 g/mol. The van der Waals surface area contributed by atoms with Crippen LogP contribution in [0.4, 0.5) is 0 Å². The molecule has 0 aromatic rings. The molecule has 0 heterocycles. The zero-order chi connectivity index (χ0) is 10.6. The van der Waals surface area contributed by atoms with E-state index in [0.29, 0.717) is 0 Å². The second kappa shape index (κ2) is 7.83. The van der Waals surface area contributed by atoms with Gasteiger partial charge in [-0.15, -0.1) is 0 Å². The molecule has 0 spiro atoms. The Labute approximate surface area is 114 Å². The van der Waals surface area contributed by atoms with Gasteiger partial charge in [0.05, 0.1) is 12.8 Å². The van der Waals surface area contributed by atoms with Crippen LogP contribution in [0.5, 0.6) is 0 Å². The first-order valence-corrected chi connectivity index (χ1v) is 3.17. The summed E-state index contributed by atoms with van der Waals surface area (Å²) in [7, 11) is 0. The normalized spacial score (nSPS) is 9.40. The number of carbonyl (C=O) groups is 3. The summed E-state index contributed by atoms with van der Waals surface area (Å²) in [5.74, 6) is -5.02. The molecule has 82 valence electrons. The molecule has 0 fully saturated rings. The molecule has 4 N–H and O–H groups in total. The van der Waals surface area contributed by atoms with E-state index in [0.717, 1.165) is 0 Å². The van der Waals surface area contributed by atoms with Gasteiger partial charge in [0, 0.05) is 0 Å². The van der Waals surface area contributed by atoms with Gasteiger partial charge < -0.3 is 25.9 Å². The Kier molecular flexibility index (Phi) is 10.5. The Morgan fingerprint density at radius 1 is 0.933 bits per heavy atom. The van der Waals surface area contributed by atoms with Gasteiger partial charge in [0.1, 0.15) is 0 Å². The number of hydrogen-bond acceptors (Lipinski definition) is 4. The van der Waals surface area contributed by atoms with E-state index in [9.17, 15) is 14.4 Å². The van der Waals surface area contributed by atoms with Gasteiger partial charge in [0.15, 0.2) is 5.60 Å². The van der Waals surface area contributed by atoms with Gasteiger partial charge >= 0.3 is 55.6 Å². The molecule has 0 bridgehead atoms. The molecule has 0 radical (unpaired) electrons. The van der Waals surface area contributed by atoms with Crippen LogP contribution in [0.25, 0.3) is 0 Å². The number of carboxylic acids is 3. The van der Waals surface area contributed by atoms with Gasteiger partial charge in [-0.3, -0.25) is 9.59 Å². The summed E-state index contributed by atoms with van der Waals surface area (Å²) >= 11 is 0. The van der Waals surface area contributed by atoms with Crippen molar-refractivity contribution in [2.24, 2.45) is 0 Å². The van der Waals surface area contributed by atoms with Crippen LogP contribution >= 0.6 is 0 Å². The van der Waals surface area contributed by atoms with Crippen molar-refractivity contribution in [3.63, 3.8) is 0 Å². The third-order valence-electron chi connectivity index (χ3n) is 1.29. The Morgan fingerprint density at radius 2 is 1.20 bits per heavy atom. The van der Waals surface area contributed by atoms with Gasteiger partial charge in [-0.25, -0.2) is 4.79 Å². The van der Waals surface area contributed by atoms with Crippen molar-refractivity contribution in [3.8, 4) is 0 Å². The van der Waals surface area contributed by atoms with Crippen molar-refractivity contribution >= 4 is 55.6 Å². The molecule has 0 aliphatic rings. The summed E-state index contributed by atoms with van der Waals surface area (Å²) in [6, 6.07) is 0. The fraction of sp³-hybridized carbons (Fsp3) is 0.500. The number of aliphatic carboxylic acids is 3. The largest absolute Gasteiger partial charge is 2.00 e. The quantitative estimate of drug-likeness (QED) is 0.419. The number of rotatable bonds is 5. The fourth-order valence-electron chi connectivity index (χ4n) is 0.714. The first-order valence-electron chi connectivity index (χ1n) is 3.17. The van der Waals surface area contributed by atoms with E-state index in [-0.39, 0.29) is 43.2 Å². The predicted molar refractivity (Wildman–Crippen MR) is 43.5 cm³/mol. The topological polar surface area (TPSA) is 161 Å². The van der Waals surface area contributed by atoms with E-state index >= 15 is 0 Å². The summed E-state index contributed by atoms with van der Waals surface area (Å²) in [4.78, 5) is 30.5. The monoisotopic (exact) mass is 248 g/mol. The average Bonchev–Trinajstić information content (AvgIpc) is 1.82. The van der Waals surface area contributed by atoms with Crippen LogP contribution in [0, 0.1) is 0 Å². The molecule has 9 heteroatoms. The second-order valence-corrected chi connectivity index (χ2v) is 2.48. The van der Waals surface area contributed by atoms with Gasteiger partial charge in [0.25, 0.3) is 0 Å². The molecule has 0 atom stereocenters. The third-order valence-corrected chi connectivity index (χ3v) is 1.29. The van der Waals surface area contributed by atoms with E-state index in [1.807, 2.05) is 0 Å². The second-order valence-electron chi connectivity index (χ2n) is 2.48. The Hall–Kier alpha value is -0.410. The summed E-state index contributed by atoms with van der Waals surface area (Å²) in [6.07, 6.45) is -2.29. The van der Waals surface area contributed by atoms with Crippen molar-refractivity contribution in [1.29, 1.82) is 0 Å². The maximum absolute atomic E-state index is 10.3. The smallest absolute Gasteiger partial charge is 2.00 e. The van der Waals surface area contributed by atoms with Crippen molar-refractivity contribution in [1.82, 2.24) is 0 Å². The molecule has 0 rings (SSSR count). The van der Waals surface area contributed by atoms with E-state index in [1.165, 1.54) is 0 Å². The van der Waals surface area contributed by atoms with Gasteiger partial charge in [-0.2, -0.15) is 0 Å². The summed E-state index contributed by atoms with van der Waals surface area (Å²) < 4.78 is 0. The first kappa shape index (κ1) is 20.1. The zero-order valence-corrected chi connectivity index (χ0v) is 9.75. The van der Waals surface area contributed by atoms with E-state index in [1.54, 1.807) is 0 Å². The van der Waals surface area contributed by atoms with Crippen molar-refractivity contribution in [2.45, 2.75) is 18.4 Å². The molecule has 15 heavy (non-hydrogen) atoms. The van der Waals surface area contributed by atoms with Gasteiger partial charge in [-0.05, 0) is 0 Å². The standard InChI is InChI=1S/C6H8O7.Ca.O/c7-3(8)1-6(13,5(11)12)2-4(9)10;;/h13H,1-2H2,(H,7,8)(H,9,10)(H,11,12);;/q;+2;-2. The maximum atomic E-state index is 10.3. The minimum absolute atomic E-state index is 0. The van der Waals surface area contributed by atoms with Crippen LogP contribution < -0.4 is 0 Å². The molecular weight excluding hydrogens is 240 g/mol. The fourth-order valence-corrected chi connectivity index (χ4v) is 0.714. The maximum Gasteiger partial charge on any atom is 2.00 e. The SMILES string of the molecule is O=C(O)CC(O)(CC(=O)O)C(=O)O.[Ca+2].[O-2]. The first-order chi connectivity index (χ1) is 5.78. The van der Waals surface area contributed by atoms with Crippen LogP contribution in [0.2, 0.25) is 0 Å². The number of aliphatic hydroxyl groups is 1. The Morgan fingerprint density at radius 3 is 1.33 bits per heavy atom. The molecule has 0 aliphatic carbocycles. The Balaban J connectivity index is -0.000000720. The van der Waals surface area contributed by atoms with E-state index in [4.69, 9.17) is 20.4 Å². The molecule has 0 saturated carbocycles. The molecule has 0 unspecified atom stereocenters. The molecule has 0 aromatic heterocycles. The number of carboxylic acid groups (broad SMARTS) is 3. The molecular formula is C6H8CaO8. The minimum atomic E-state index is -2.74. The van der Waals surface area contributed by atoms with Gasteiger partial charge in [0.2, 0.25) is 0 Å². The van der Waals surface area contributed by atoms with Crippen molar-refractivity contribution in [3.05, 3.63) is 0 Å². The van der Waals surface area contributed by atoms with Gasteiger partial charge in [-0.1, -0.05) is 0 Å². The predicted octanol–water partition coefficient (Wildman–Crippen LogP) is -1.75. The van der Waals surface area contributed by atoms with E-state index in [2.05, 4.69) is 0 Å². The van der Waals surface area contributed by atoms with Crippen LogP contribution in [0.3, 0.4) is 0 Å². The Bertz CT molecular complexity index is 234.